The number of carboxylic acid groups (broad SMARTS) is 1. The molecule has 0 radical (unpaired) electrons. The highest BCUT2D eigenvalue weighted by Gasteiger charge is 2.31. The lowest BCUT2D eigenvalue weighted by Gasteiger charge is -2.27. The van der Waals surface area contributed by atoms with Gasteiger partial charge in [-0.1, -0.05) is 27.7 Å². The molecule has 11 heteroatoms. The van der Waals surface area contributed by atoms with Crippen LogP contribution < -0.4 is 21.7 Å². The van der Waals surface area contributed by atoms with Gasteiger partial charge in [-0.05, 0) is 36.7 Å². The number of nitrogens with two attached hydrogens (primary N) is 1. The third-order valence-corrected chi connectivity index (χ3v) is 5.36. The molecule has 0 fully saturated rings. The van der Waals surface area contributed by atoms with Crippen LogP contribution in [0.3, 0.4) is 0 Å². The molecule has 4 unspecified atom stereocenters. The predicted molar refractivity (Wildman–Crippen MR) is 123 cm³/mol. The number of carbonyl (C=O) groups is 4. The minimum atomic E-state index is -1.21. The van der Waals surface area contributed by atoms with Crippen molar-refractivity contribution in [1.29, 1.82) is 0 Å². The second kappa shape index (κ2) is 14.5. The van der Waals surface area contributed by atoms with E-state index in [9.17, 15) is 19.2 Å². The third-order valence-electron chi connectivity index (χ3n) is 4.35. The molecule has 174 valence electrons. The standard InChI is InChI=1S/C19H36N4O5S2/c1-10(2)8-13(17(25)22-14(9-29)19(27)28)21-18(26)15(11(3)4)23-16(24)12(20)6-7-30-5/h10-15,29H,6-9,20H2,1-5H3,(H,21,26)(H,22,25)(H,23,24)(H,27,28). The quantitative estimate of drug-likeness (QED) is 0.202. The van der Waals surface area contributed by atoms with Gasteiger partial charge in [0.1, 0.15) is 18.1 Å². The molecule has 0 aromatic carbocycles. The molecule has 30 heavy (non-hydrogen) atoms. The van der Waals surface area contributed by atoms with Gasteiger partial charge < -0.3 is 26.8 Å². The number of hydrogen-bond acceptors (Lipinski definition) is 7. The topological polar surface area (TPSA) is 151 Å². The Hall–Kier alpha value is -1.46. The first-order chi connectivity index (χ1) is 13.9. The van der Waals surface area contributed by atoms with Gasteiger partial charge in [-0.2, -0.15) is 24.4 Å². The van der Waals surface area contributed by atoms with E-state index in [1.165, 1.54) is 0 Å². The molecule has 0 aromatic heterocycles. The highest BCUT2D eigenvalue weighted by atomic mass is 32.2. The fourth-order valence-electron chi connectivity index (χ4n) is 2.59. The lowest BCUT2D eigenvalue weighted by molar-refractivity contribution is -0.141. The molecule has 0 aromatic rings. The smallest absolute Gasteiger partial charge is 0.327 e. The van der Waals surface area contributed by atoms with Crippen LogP contribution in [0.2, 0.25) is 0 Å². The van der Waals surface area contributed by atoms with Gasteiger partial charge in [-0.15, -0.1) is 0 Å². The molecule has 0 aliphatic carbocycles. The van der Waals surface area contributed by atoms with Gasteiger partial charge in [-0.3, -0.25) is 14.4 Å². The molecule has 0 aliphatic heterocycles. The van der Waals surface area contributed by atoms with Gasteiger partial charge >= 0.3 is 5.97 Å². The maximum Gasteiger partial charge on any atom is 0.327 e. The Morgan fingerprint density at radius 3 is 1.97 bits per heavy atom. The molecule has 0 heterocycles. The number of hydrogen-bond donors (Lipinski definition) is 6. The van der Waals surface area contributed by atoms with Crippen molar-refractivity contribution >= 4 is 48.1 Å². The first-order valence-corrected chi connectivity index (χ1v) is 12.0. The Balaban J connectivity index is 5.28. The molecule has 0 spiro atoms. The Morgan fingerprint density at radius 2 is 1.53 bits per heavy atom. The molecule has 6 N–H and O–H groups in total. The Bertz CT molecular complexity index is 589. The van der Waals surface area contributed by atoms with Crippen LogP contribution in [0.1, 0.15) is 40.5 Å². The summed E-state index contributed by atoms with van der Waals surface area (Å²) in [6.07, 6.45) is 2.71. The molecule has 0 rings (SSSR count). The number of carboxylic acids is 1. The van der Waals surface area contributed by atoms with Crippen molar-refractivity contribution in [1.82, 2.24) is 16.0 Å². The largest absolute Gasteiger partial charge is 0.480 e. The fourth-order valence-corrected chi connectivity index (χ4v) is 3.33. The summed E-state index contributed by atoms with van der Waals surface area (Å²) >= 11 is 5.51. The first kappa shape index (κ1) is 28.5. The van der Waals surface area contributed by atoms with Crippen LogP contribution in [0.4, 0.5) is 0 Å². The third kappa shape index (κ3) is 10.5. The number of thioether (sulfide) groups is 1. The zero-order valence-corrected chi connectivity index (χ0v) is 20.0. The Morgan fingerprint density at radius 1 is 0.967 bits per heavy atom. The monoisotopic (exact) mass is 464 g/mol. The summed E-state index contributed by atoms with van der Waals surface area (Å²) in [5.74, 6) is -2.30. The number of rotatable bonds is 14. The van der Waals surface area contributed by atoms with Crippen LogP contribution in [0, 0.1) is 11.8 Å². The van der Waals surface area contributed by atoms with Gasteiger partial charge in [0.25, 0.3) is 0 Å². The minimum Gasteiger partial charge on any atom is -0.480 e. The van der Waals surface area contributed by atoms with Crippen molar-refractivity contribution in [2.24, 2.45) is 17.6 Å². The first-order valence-electron chi connectivity index (χ1n) is 9.93. The zero-order chi connectivity index (χ0) is 23.4. The fraction of sp³-hybridized carbons (Fsp3) is 0.789. The van der Waals surface area contributed by atoms with E-state index in [2.05, 4.69) is 28.6 Å². The normalized spacial score (nSPS) is 15.2. The second-order valence-electron chi connectivity index (χ2n) is 7.89. The van der Waals surface area contributed by atoms with Crippen LogP contribution in [0.5, 0.6) is 0 Å². The van der Waals surface area contributed by atoms with Gasteiger partial charge in [0.15, 0.2) is 0 Å². The summed E-state index contributed by atoms with van der Waals surface area (Å²) in [5.41, 5.74) is 5.88. The molecule has 0 aliphatic rings. The van der Waals surface area contributed by atoms with E-state index < -0.39 is 47.9 Å². The van der Waals surface area contributed by atoms with E-state index in [1.54, 1.807) is 25.6 Å². The van der Waals surface area contributed by atoms with Crippen LogP contribution in [-0.4, -0.2) is 70.7 Å². The van der Waals surface area contributed by atoms with Gasteiger partial charge in [-0.25, -0.2) is 4.79 Å². The minimum absolute atomic E-state index is 0.0624. The lowest BCUT2D eigenvalue weighted by Crippen LogP contribution is -2.58. The molecule has 9 nitrogen and oxygen atoms in total. The summed E-state index contributed by atoms with van der Waals surface area (Å²) in [7, 11) is 0. The number of aliphatic carboxylic acids is 1. The number of amides is 3. The Labute approximate surface area is 188 Å². The van der Waals surface area contributed by atoms with Crippen molar-refractivity contribution < 1.29 is 24.3 Å². The van der Waals surface area contributed by atoms with Crippen molar-refractivity contribution in [2.45, 2.75) is 64.7 Å². The van der Waals surface area contributed by atoms with Gasteiger partial charge in [0.05, 0.1) is 6.04 Å². The van der Waals surface area contributed by atoms with E-state index in [1.807, 2.05) is 20.1 Å². The highest BCUT2D eigenvalue weighted by molar-refractivity contribution is 7.98. The second-order valence-corrected chi connectivity index (χ2v) is 9.24. The molecular formula is C19H36N4O5S2. The zero-order valence-electron chi connectivity index (χ0n) is 18.3. The van der Waals surface area contributed by atoms with Crippen LogP contribution in [0.25, 0.3) is 0 Å². The average molecular weight is 465 g/mol. The number of carbonyl (C=O) groups excluding carboxylic acids is 3. The summed E-state index contributed by atoms with van der Waals surface area (Å²) in [6, 6.07) is -3.71. The summed E-state index contributed by atoms with van der Waals surface area (Å²) < 4.78 is 0. The van der Waals surface area contributed by atoms with Crippen LogP contribution in [0.15, 0.2) is 0 Å². The number of thiol groups is 1. The molecule has 0 saturated carbocycles. The van der Waals surface area contributed by atoms with Crippen molar-refractivity contribution in [3.63, 3.8) is 0 Å². The maximum absolute atomic E-state index is 12.9. The maximum atomic E-state index is 12.9. The molecular weight excluding hydrogens is 428 g/mol. The van der Waals surface area contributed by atoms with E-state index in [-0.39, 0.29) is 17.6 Å². The van der Waals surface area contributed by atoms with Gasteiger partial charge in [0.2, 0.25) is 17.7 Å². The predicted octanol–water partition coefficient (Wildman–Crippen LogP) is 0.238. The number of nitrogens with one attached hydrogen (secondary N) is 3. The molecule has 0 saturated heterocycles. The van der Waals surface area contributed by atoms with E-state index >= 15 is 0 Å². The van der Waals surface area contributed by atoms with E-state index in [0.29, 0.717) is 12.8 Å². The molecule has 0 bridgehead atoms. The van der Waals surface area contributed by atoms with Crippen molar-refractivity contribution in [3.05, 3.63) is 0 Å². The van der Waals surface area contributed by atoms with E-state index in [4.69, 9.17) is 10.8 Å². The van der Waals surface area contributed by atoms with Gasteiger partial charge in [0, 0.05) is 5.75 Å². The summed E-state index contributed by atoms with van der Waals surface area (Å²) in [6.45, 7) is 7.31. The Kier molecular flexibility index (Phi) is 13.8. The van der Waals surface area contributed by atoms with E-state index in [0.717, 1.165) is 5.75 Å². The van der Waals surface area contributed by atoms with Crippen molar-refractivity contribution in [2.75, 3.05) is 17.8 Å². The highest BCUT2D eigenvalue weighted by Crippen LogP contribution is 2.09. The summed E-state index contributed by atoms with van der Waals surface area (Å²) in [4.78, 5) is 49.0. The van der Waals surface area contributed by atoms with Crippen LogP contribution in [-0.2, 0) is 19.2 Å². The summed E-state index contributed by atoms with van der Waals surface area (Å²) in [5, 5.41) is 16.8. The van der Waals surface area contributed by atoms with Crippen molar-refractivity contribution in [3.8, 4) is 0 Å². The molecule has 3 amide bonds. The average Bonchev–Trinajstić information content (AvgIpc) is 2.66. The molecule has 4 atom stereocenters. The van der Waals surface area contributed by atoms with Crippen LogP contribution >= 0.6 is 24.4 Å². The SMILES string of the molecule is CSCCC(N)C(=O)NC(C(=O)NC(CC(C)C)C(=O)NC(CS)C(=O)O)C(C)C. The lowest BCUT2D eigenvalue weighted by atomic mass is 9.99.